The maximum Gasteiger partial charge on any atom is 0.119 e. The van der Waals surface area contributed by atoms with Gasteiger partial charge in [-0.05, 0) is 37.9 Å². The van der Waals surface area contributed by atoms with E-state index >= 15 is 0 Å². The van der Waals surface area contributed by atoms with Gasteiger partial charge in [0, 0.05) is 25.2 Å². The molecule has 2 saturated heterocycles. The van der Waals surface area contributed by atoms with Crippen LogP contribution in [0.5, 0.6) is 5.75 Å². The third-order valence-corrected chi connectivity index (χ3v) is 4.13. The number of para-hydroxylation sites is 1. The Hall–Kier alpha value is -1.06. The summed E-state index contributed by atoms with van der Waals surface area (Å²) in [5.41, 5.74) is 0. The third-order valence-electron chi connectivity index (χ3n) is 4.13. The number of hydrogen-bond acceptors (Lipinski definition) is 3. The summed E-state index contributed by atoms with van der Waals surface area (Å²) in [4.78, 5) is 2.63. The zero-order valence-corrected chi connectivity index (χ0v) is 10.8. The van der Waals surface area contributed by atoms with E-state index in [-0.39, 0.29) is 0 Å². The molecule has 2 fully saturated rings. The first-order valence-electron chi connectivity index (χ1n) is 7.09. The van der Waals surface area contributed by atoms with Crippen LogP contribution in [0.1, 0.15) is 19.3 Å². The maximum atomic E-state index is 5.70. The highest BCUT2D eigenvalue weighted by Gasteiger charge is 2.36. The van der Waals surface area contributed by atoms with Crippen LogP contribution in [0.3, 0.4) is 0 Å². The number of hydrogen-bond donors (Lipinski definition) is 1. The lowest BCUT2D eigenvalue weighted by Crippen LogP contribution is -2.40. The number of ether oxygens (including phenoxy) is 1. The molecule has 2 aliphatic rings. The maximum absolute atomic E-state index is 5.70. The van der Waals surface area contributed by atoms with Gasteiger partial charge in [0.25, 0.3) is 0 Å². The standard InChI is InChI=1S/C15H22N2O/c1-2-5-13(6-3-1)18-12-9-16-14-8-11-17-10-4-7-15(14)17/h1-3,5-6,14-16H,4,7-12H2. The van der Waals surface area contributed by atoms with E-state index in [0.29, 0.717) is 6.04 Å². The van der Waals surface area contributed by atoms with Crippen LogP contribution in [0.15, 0.2) is 30.3 Å². The van der Waals surface area contributed by atoms with Crippen molar-refractivity contribution in [3.8, 4) is 5.75 Å². The highest BCUT2D eigenvalue weighted by atomic mass is 16.5. The van der Waals surface area contributed by atoms with E-state index in [1.54, 1.807) is 0 Å². The number of benzene rings is 1. The van der Waals surface area contributed by atoms with Crippen molar-refractivity contribution < 1.29 is 4.74 Å². The highest BCUT2D eigenvalue weighted by molar-refractivity contribution is 5.20. The van der Waals surface area contributed by atoms with E-state index in [9.17, 15) is 0 Å². The van der Waals surface area contributed by atoms with Gasteiger partial charge in [-0.15, -0.1) is 0 Å². The number of nitrogens with one attached hydrogen (secondary N) is 1. The van der Waals surface area contributed by atoms with Crippen molar-refractivity contribution in [2.24, 2.45) is 0 Å². The normalized spacial score (nSPS) is 27.3. The van der Waals surface area contributed by atoms with Gasteiger partial charge in [-0.1, -0.05) is 18.2 Å². The van der Waals surface area contributed by atoms with Gasteiger partial charge in [0.1, 0.15) is 12.4 Å². The monoisotopic (exact) mass is 246 g/mol. The van der Waals surface area contributed by atoms with Crippen LogP contribution < -0.4 is 10.1 Å². The lowest BCUT2D eigenvalue weighted by molar-refractivity contribution is 0.276. The molecular formula is C15H22N2O. The Balaban J connectivity index is 1.38. The van der Waals surface area contributed by atoms with E-state index in [1.807, 2.05) is 30.3 Å². The van der Waals surface area contributed by atoms with Gasteiger partial charge >= 0.3 is 0 Å². The van der Waals surface area contributed by atoms with E-state index in [0.717, 1.165) is 24.9 Å². The van der Waals surface area contributed by atoms with Gasteiger partial charge in [0.05, 0.1) is 0 Å². The minimum atomic E-state index is 0.687. The summed E-state index contributed by atoms with van der Waals surface area (Å²) in [6, 6.07) is 11.5. The average molecular weight is 246 g/mol. The lowest BCUT2D eigenvalue weighted by atomic mass is 10.1. The molecule has 18 heavy (non-hydrogen) atoms. The molecule has 3 nitrogen and oxygen atoms in total. The van der Waals surface area contributed by atoms with Gasteiger partial charge in [-0.25, -0.2) is 0 Å². The van der Waals surface area contributed by atoms with Crippen LogP contribution in [0.4, 0.5) is 0 Å². The molecule has 0 radical (unpaired) electrons. The van der Waals surface area contributed by atoms with Crippen LogP contribution in [0.25, 0.3) is 0 Å². The van der Waals surface area contributed by atoms with E-state index < -0.39 is 0 Å². The smallest absolute Gasteiger partial charge is 0.119 e. The first kappa shape index (κ1) is 12.0. The number of fused-ring (bicyclic) bond motifs is 1. The molecule has 2 heterocycles. The Labute approximate surface area is 109 Å². The second kappa shape index (κ2) is 5.72. The van der Waals surface area contributed by atoms with Gasteiger partial charge in [-0.3, -0.25) is 4.90 Å². The molecule has 0 aliphatic carbocycles. The molecule has 0 amide bonds. The third kappa shape index (κ3) is 2.68. The minimum Gasteiger partial charge on any atom is -0.492 e. The van der Waals surface area contributed by atoms with E-state index in [1.165, 1.54) is 32.4 Å². The zero-order chi connectivity index (χ0) is 12.2. The molecular weight excluding hydrogens is 224 g/mol. The summed E-state index contributed by atoms with van der Waals surface area (Å²) in [6.07, 6.45) is 4.05. The van der Waals surface area contributed by atoms with Crippen molar-refractivity contribution in [2.45, 2.75) is 31.3 Å². The van der Waals surface area contributed by atoms with Crippen molar-refractivity contribution in [3.63, 3.8) is 0 Å². The fourth-order valence-electron chi connectivity index (χ4n) is 3.25. The Morgan fingerprint density at radius 2 is 2.06 bits per heavy atom. The predicted molar refractivity (Wildman–Crippen MR) is 72.9 cm³/mol. The zero-order valence-electron chi connectivity index (χ0n) is 10.8. The van der Waals surface area contributed by atoms with Crippen molar-refractivity contribution >= 4 is 0 Å². The molecule has 1 aromatic rings. The first-order valence-corrected chi connectivity index (χ1v) is 7.09. The summed E-state index contributed by atoms with van der Waals surface area (Å²) in [6.45, 7) is 4.29. The molecule has 98 valence electrons. The summed E-state index contributed by atoms with van der Waals surface area (Å²) in [5, 5.41) is 3.66. The molecule has 2 aliphatic heterocycles. The van der Waals surface area contributed by atoms with E-state index in [2.05, 4.69) is 10.2 Å². The molecule has 2 unspecified atom stereocenters. The van der Waals surface area contributed by atoms with Crippen molar-refractivity contribution in [2.75, 3.05) is 26.2 Å². The molecule has 1 N–H and O–H groups in total. The van der Waals surface area contributed by atoms with Gasteiger partial charge < -0.3 is 10.1 Å². The van der Waals surface area contributed by atoms with Gasteiger partial charge in [0.2, 0.25) is 0 Å². The van der Waals surface area contributed by atoms with Gasteiger partial charge in [-0.2, -0.15) is 0 Å². The highest BCUT2D eigenvalue weighted by Crippen LogP contribution is 2.27. The fourth-order valence-corrected chi connectivity index (χ4v) is 3.25. The lowest BCUT2D eigenvalue weighted by Gasteiger charge is -2.21. The Morgan fingerprint density at radius 3 is 2.94 bits per heavy atom. The topological polar surface area (TPSA) is 24.5 Å². The molecule has 0 bridgehead atoms. The quantitative estimate of drug-likeness (QED) is 0.803. The van der Waals surface area contributed by atoms with Crippen molar-refractivity contribution in [1.82, 2.24) is 10.2 Å². The predicted octanol–water partition coefficient (Wildman–Crippen LogP) is 1.89. The molecule has 3 heteroatoms. The molecule has 0 spiro atoms. The molecule has 1 aromatic carbocycles. The van der Waals surface area contributed by atoms with Gasteiger partial charge in [0.15, 0.2) is 0 Å². The van der Waals surface area contributed by atoms with Crippen LogP contribution in [0.2, 0.25) is 0 Å². The average Bonchev–Trinajstić information content (AvgIpc) is 3.00. The molecule has 0 saturated carbocycles. The second-order valence-electron chi connectivity index (χ2n) is 5.26. The Bertz CT molecular complexity index is 368. The van der Waals surface area contributed by atoms with Crippen LogP contribution in [0, 0.1) is 0 Å². The summed E-state index contributed by atoms with van der Waals surface area (Å²) < 4.78 is 5.70. The van der Waals surface area contributed by atoms with Crippen molar-refractivity contribution in [3.05, 3.63) is 30.3 Å². The number of rotatable bonds is 5. The van der Waals surface area contributed by atoms with E-state index in [4.69, 9.17) is 4.74 Å². The first-order chi connectivity index (χ1) is 8.93. The van der Waals surface area contributed by atoms with Crippen molar-refractivity contribution in [1.29, 1.82) is 0 Å². The Kier molecular flexibility index (Phi) is 3.81. The fraction of sp³-hybridized carbons (Fsp3) is 0.600. The largest absolute Gasteiger partial charge is 0.492 e. The molecule has 2 atom stereocenters. The molecule has 3 rings (SSSR count). The van der Waals surface area contributed by atoms with Crippen LogP contribution in [-0.4, -0.2) is 43.2 Å². The minimum absolute atomic E-state index is 0.687. The molecule has 0 aromatic heterocycles. The summed E-state index contributed by atoms with van der Waals surface area (Å²) in [5.74, 6) is 0.966. The Morgan fingerprint density at radius 1 is 1.17 bits per heavy atom. The van der Waals surface area contributed by atoms with Crippen LogP contribution >= 0.6 is 0 Å². The SMILES string of the molecule is c1ccc(OCCNC2CCN3CCCC23)cc1. The summed E-state index contributed by atoms with van der Waals surface area (Å²) >= 11 is 0. The number of nitrogens with zero attached hydrogens (tertiary/aromatic N) is 1. The van der Waals surface area contributed by atoms with Crippen LogP contribution in [-0.2, 0) is 0 Å². The second-order valence-corrected chi connectivity index (χ2v) is 5.26. The summed E-state index contributed by atoms with van der Waals surface area (Å²) in [7, 11) is 0.